The molecule has 10 heteroatoms. The maximum atomic E-state index is 14.0. The molecule has 2 amide bonds. The zero-order valence-corrected chi connectivity index (χ0v) is 26.1. The smallest absolute Gasteiger partial charge is 0.240 e. The van der Waals surface area contributed by atoms with Crippen molar-refractivity contribution < 1.29 is 19.1 Å². The predicted molar refractivity (Wildman–Crippen MR) is 176 cm³/mol. The zero-order chi connectivity index (χ0) is 31.3. The van der Waals surface area contributed by atoms with E-state index >= 15 is 0 Å². The summed E-state index contributed by atoms with van der Waals surface area (Å²) in [5.74, 6) is 1.52. The average Bonchev–Trinajstić information content (AvgIpc) is 3.41. The number of aromatic nitrogens is 3. The van der Waals surface area contributed by atoms with Gasteiger partial charge in [0.05, 0.1) is 36.6 Å². The molecule has 0 unspecified atom stereocenters. The lowest BCUT2D eigenvalue weighted by atomic mass is 9.98. The van der Waals surface area contributed by atoms with Crippen molar-refractivity contribution >= 4 is 29.4 Å². The number of nitrogens with zero attached hydrogens (tertiary/aromatic N) is 4. The van der Waals surface area contributed by atoms with Crippen molar-refractivity contribution in [2.45, 2.75) is 18.7 Å². The van der Waals surface area contributed by atoms with E-state index in [0.29, 0.717) is 29.6 Å². The first-order chi connectivity index (χ1) is 22.0. The first-order valence-corrected chi connectivity index (χ1v) is 15.6. The monoisotopic (exact) mass is 619 g/mol. The van der Waals surface area contributed by atoms with Crippen LogP contribution in [-0.2, 0) is 16.1 Å². The number of rotatable bonds is 9. The zero-order valence-electron chi connectivity index (χ0n) is 25.3. The van der Waals surface area contributed by atoms with Crippen LogP contribution in [0, 0.1) is 6.92 Å². The molecule has 0 fully saturated rings. The highest BCUT2D eigenvalue weighted by molar-refractivity contribution is 8.00. The molecule has 0 saturated carbocycles. The van der Waals surface area contributed by atoms with Gasteiger partial charge in [-0.2, -0.15) is 5.10 Å². The number of nitrogens with one attached hydrogen (secondary N) is 1. The molecule has 5 aromatic rings. The van der Waals surface area contributed by atoms with Crippen LogP contribution in [0.15, 0.2) is 97.3 Å². The number of benzene rings is 3. The summed E-state index contributed by atoms with van der Waals surface area (Å²) in [5.41, 5.74) is 5.99. The van der Waals surface area contributed by atoms with Gasteiger partial charge in [-0.25, -0.2) is 4.68 Å². The minimum atomic E-state index is -0.369. The summed E-state index contributed by atoms with van der Waals surface area (Å²) in [6.07, 6.45) is 3.39. The fourth-order valence-electron chi connectivity index (χ4n) is 5.39. The molecule has 3 heterocycles. The lowest BCUT2D eigenvalue weighted by molar-refractivity contribution is -0.123. The molecule has 1 aliphatic rings. The number of anilines is 1. The number of amides is 2. The highest BCUT2D eigenvalue weighted by Crippen LogP contribution is 2.51. The van der Waals surface area contributed by atoms with Gasteiger partial charge in [0.25, 0.3) is 0 Å². The molecular weight excluding hydrogens is 586 g/mol. The maximum absolute atomic E-state index is 14.0. The Morgan fingerprint density at radius 2 is 1.80 bits per heavy atom. The Morgan fingerprint density at radius 1 is 1.00 bits per heavy atom. The number of thioether (sulfide) groups is 1. The number of pyridine rings is 1. The second-order valence-corrected chi connectivity index (χ2v) is 11.7. The molecule has 0 aliphatic carbocycles. The Morgan fingerprint density at radius 3 is 2.51 bits per heavy atom. The molecule has 0 radical (unpaired) electrons. The number of carbonyl (C=O) groups excluding carboxylic acids is 2. The van der Waals surface area contributed by atoms with Crippen LogP contribution in [0.3, 0.4) is 0 Å². The first-order valence-electron chi connectivity index (χ1n) is 14.5. The van der Waals surface area contributed by atoms with Gasteiger partial charge in [0, 0.05) is 35.6 Å². The van der Waals surface area contributed by atoms with Crippen LogP contribution >= 0.6 is 11.8 Å². The molecule has 0 spiro atoms. The third kappa shape index (κ3) is 6.28. The van der Waals surface area contributed by atoms with Crippen molar-refractivity contribution in [3.05, 3.63) is 120 Å². The van der Waals surface area contributed by atoms with Gasteiger partial charge in [-0.1, -0.05) is 54.1 Å². The molecular formula is C35H33N5O4S. The Bertz CT molecular complexity index is 1810. The van der Waals surface area contributed by atoms with E-state index < -0.39 is 0 Å². The number of aryl methyl sites for hydroxylation is 1. The van der Waals surface area contributed by atoms with Crippen LogP contribution in [0.25, 0.3) is 16.9 Å². The molecule has 1 atom stereocenters. The van der Waals surface area contributed by atoms with E-state index in [0.717, 1.165) is 33.5 Å². The van der Waals surface area contributed by atoms with Gasteiger partial charge < -0.3 is 14.8 Å². The molecule has 228 valence electrons. The highest BCUT2D eigenvalue weighted by Gasteiger charge is 2.38. The van der Waals surface area contributed by atoms with Crippen molar-refractivity contribution in [1.82, 2.24) is 20.1 Å². The minimum absolute atomic E-state index is 0.137. The summed E-state index contributed by atoms with van der Waals surface area (Å²) in [6, 6.07) is 27.2. The van der Waals surface area contributed by atoms with Crippen LogP contribution in [0.4, 0.5) is 5.82 Å². The number of methoxy groups -OCH3 is 2. The predicted octanol–water partition coefficient (Wildman–Crippen LogP) is 5.75. The van der Waals surface area contributed by atoms with E-state index in [-0.39, 0.29) is 29.4 Å². The summed E-state index contributed by atoms with van der Waals surface area (Å²) in [5, 5.41) is 7.75. The Hall–Kier alpha value is -5.09. The van der Waals surface area contributed by atoms with Crippen LogP contribution in [0.1, 0.15) is 27.5 Å². The molecule has 1 aliphatic heterocycles. The lowest BCUT2D eigenvalue weighted by Gasteiger charge is -2.24. The van der Waals surface area contributed by atoms with Gasteiger partial charge in [-0.05, 0) is 48.9 Å². The third-order valence-electron chi connectivity index (χ3n) is 7.65. The van der Waals surface area contributed by atoms with Crippen LogP contribution in [-0.4, -0.2) is 53.1 Å². The van der Waals surface area contributed by atoms with E-state index in [2.05, 4.69) is 10.3 Å². The average molecular weight is 620 g/mol. The summed E-state index contributed by atoms with van der Waals surface area (Å²) >= 11 is 1.48. The normalized spacial score (nSPS) is 14.4. The minimum Gasteiger partial charge on any atom is -0.497 e. The number of fused-ring (bicyclic) bond motifs is 1. The van der Waals surface area contributed by atoms with E-state index in [1.54, 1.807) is 36.2 Å². The van der Waals surface area contributed by atoms with E-state index in [1.807, 2.05) is 91.9 Å². The van der Waals surface area contributed by atoms with Gasteiger partial charge in [0.1, 0.15) is 23.9 Å². The molecule has 3 aromatic carbocycles. The van der Waals surface area contributed by atoms with Crippen molar-refractivity contribution in [3.8, 4) is 28.4 Å². The number of carbonyl (C=O) groups is 2. The molecule has 6 rings (SSSR count). The molecule has 0 saturated heterocycles. The van der Waals surface area contributed by atoms with Gasteiger partial charge in [0.15, 0.2) is 0 Å². The topological polar surface area (TPSA) is 98.6 Å². The second-order valence-electron chi connectivity index (χ2n) is 10.6. The first kappa shape index (κ1) is 30.0. The molecule has 9 nitrogen and oxygen atoms in total. The lowest BCUT2D eigenvalue weighted by Crippen LogP contribution is -2.42. The Balaban J connectivity index is 1.55. The van der Waals surface area contributed by atoms with E-state index in [9.17, 15) is 9.59 Å². The highest BCUT2D eigenvalue weighted by atomic mass is 32.2. The van der Waals surface area contributed by atoms with Gasteiger partial charge >= 0.3 is 0 Å². The summed E-state index contributed by atoms with van der Waals surface area (Å²) in [7, 11) is 3.25. The number of ether oxygens (including phenoxy) is 2. The van der Waals surface area contributed by atoms with Gasteiger partial charge in [-0.15, -0.1) is 11.8 Å². The largest absolute Gasteiger partial charge is 0.497 e. The number of hydrogen-bond donors (Lipinski definition) is 1. The molecule has 2 aromatic heterocycles. The fraction of sp³-hybridized carbons (Fsp3) is 0.200. The van der Waals surface area contributed by atoms with E-state index in [1.165, 1.54) is 11.8 Å². The van der Waals surface area contributed by atoms with Crippen molar-refractivity contribution in [2.75, 3.05) is 31.4 Å². The Kier molecular flexibility index (Phi) is 8.84. The SMILES string of the molecule is COc1ccc(OC)c([C@H]2SCC(=O)N(CC(=O)NCc3cccnc3)c3c2c(-c2ccccc2)nn3-c2ccc(C)cc2)c1. The fourth-order valence-corrected chi connectivity index (χ4v) is 6.60. The van der Waals surface area contributed by atoms with Gasteiger partial charge in [-0.3, -0.25) is 19.5 Å². The van der Waals surface area contributed by atoms with Crippen LogP contribution in [0.5, 0.6) is 11.5 Å². The molecule has 1 N–H and O–H groups in total. The third-order valence-corrected chi connectivity index (χ3v) is 8.88. The second kappa shape index (κ2) is 13.3. The van der Waals surface area contributed by atoms with Crippen molar-refractivity contribution in [2.24, 2.45) is 0 Å². The van der Waals surface area contributed by atoms with Gasteiger partial charge in [0.2, 0.25) is 11.8 Å². The summed E-state index contributed by atoms with van der Waals surface area (Å²) < 4.78 is 13.2. The summed E-state index contributed by atoms with van der Waals surface area (Å²) in [4.78, 5) is 33.2. The van der Waals surface area contributed by atoms with Crippen molar-refractivity contribution in [1.29, 1.82) is 0 Å². The van der Waals surface area contributed by atoms with Crippen molar-refractivity contribution in [3.63, 3.8) is 0 Å². The van der Waals surface area contributed by atoms with Crippen LogP contribution in [0.2, 0.25) is 0 Å². The summed E-state index contributed by atoms with van der Waals surface area (Å²) in [6.45, 7) is 2.14. The van der Waals surface area contributed by atoms with Crippen LogP contribution < -0.4 is 19.7 Å². The molecule has 0 bridgehead atoms. The maximum Gasteiger partial charge on any atom is 0.240 e. The molecule has 45 heavy (non-hydrogen) atoms. The van der Waals surface area contributed by atoms with E-state index in [4.69, 9.17) is 14.6 Å². The number of hydrogen-bond acceptors (Lipinski definition) is 7. The standard InChI is InChI=1S/C35H33N5O4S/c1-23-11-13-26(14-12-23)40-35-32(33(38-40)25-9-5-4-6-10-25)34(28-18-27(43-2)15-16-29(28)44-3)45-22-31(42)39(35)21-30(41)37-20-24-8-7-17-36-19-24/h4-19,34H,20-22H2,1-3H3,(H,37,41)/t34-/m1/s1. The quantitative estimate of drug-likeness (QED) is 0.225. The Labute approximate surface area is 266 Å².